The lowest BCUT2D eigenvalue weighted by atomic mass is 9.83. The highest BCUT2D eigenvalue weighted by Crippen LogP contribution is 2.41. The topological polar surface area (TPSA) is 147 Å². The van der Waals surface area contributed by atoms with Gasteiger partial charge in [-0.05, 0) is 55.8 Å². The number of hydrogen-bond acceptors (Lipinski definition) is 8. The van der Waals surface area contributed by atoms with E-state index in [-0.39, 0.29) is 5.95 Å². The molecular weight excluding hydrogens is 468 g/mol. The Morgan fingerprint density at radius 2 is 1.69 bits per heavy atom. The lowest BCUT2D eigenvalue weighted by Gasteiger charge is -2.28. The molecule has 0 radical (unpaired) electrons. The fourth-order valence-corrected chi connectivity index (χ4v) is 4.67. The molecule has 11 heteroatoms. The number of nitrogens with one attached hydrogen (secondary N) is 2. The van der Waals surface area contributed by atoms with E-state index in [0.717, 1.165) is 11.8 Å². The van der Waals surface area contributed by atoms with Gasteiger partial charge in [-0.15, -0.1) is 0 Å². The molecular formula is C24H22N6O4S. The Kier molecular flexibility index (Phi) is 5.37. The third kappa shape index (κ3) is 4.04. The minimum absolute atomic E-state index is 0.0176. The van der Waals surface area contributed by atoms with Crippen molar-refractivity contribution < 1.29 is 18.0 Å². The Bertz CT molecular complexity index is 1570. The van der Waals surface area contributed by atoms with Gasteiger partial charge in [0.25, 0.3) is 0 Å². The van der Waals surface area contributed by atoms with Crippen molar-refractivity contribution in [3.63, 3.8) is 0 Å². The molecule has 0 unspecified atom stereocenters. The molecule has 178 valence electrons. The van der Waals surface area contributed by atoms with Gasteiger partial charge in [0.05, 0.1) is 34.4 Å². The van der Waals surface area contributed by atoms with Crippen LogP contribution >= 0.6 is 0 Å². The Balaban J connectivity index is 1.88. The van der Waals surface area contributed by atoms with Crippen LogP contribution in [0.25, 0.3) is 22.2 Å². The van der Waals surface area contributed by atoms with E-state index in [1.54, 1.807) is 61.8 Å². The first kappa shape index (κ1) is 22.7. The van der Waals surface area contributed by atoms with Crippen molar-refractivity contribution in [2.24, 2.45) is 0 Å². The molecule has 0 bridgehead atoms. The highest BCUT2D eigenvalue weighted by Gasteiger charge is 2.39. The van der Waals surface area contributed by atoms with Gasteiger partial charge in [0.2, 0.25) is 16.0 Å². The molecule has 0 aliphatic rings. The molecule has 1 aromatic carbocycles. The zero-order valence-electron chi connectivity index (χ0n) is 19.1. The molecule has 0 aliphatic carbocycles. The number of fused-ring (bicyclic) bond motifs is 1. The van der Waals surface area contributed by atoms with Crippen molar-refractivity contribution in [2.75, 3.05) is 11.0 Å². The van der Waals surface area contributed by atoms with E-state index in [4.69, 9.17) is 4.52 Å². The number of anilines is 1. The van der Waals surface area contributed by atoms with Crippen LogP contribution in [0.15, 0.2) is 65.4 Å². The van der Waals surface area contributed by atoms with E-state index in [1.165, 1.54) is 0 Å². The van der Waals surface area contributed by atoms with E-state index in [0.29, 0.717) is 45.0 Å². The average molecular weight is 491 g/mol. The minimum atomic E-state index is -3.60. The third-order valence-electron chi connectivity index (χ3n) is 5.65. The predicted octanol–water partition coefficient (Wildman–Crippen LogP) is 3.28. The largest absolute Gasteiger partial charge is 0.373 e. The second kappa shape index (κ2) is 8.29. The molecule has 0 saturated carbocycles. The summed E-state index contributed by atoms with van der Waals surface area (Å²) in [7, 11) is -3.60. The summed E-state index contributed by atoms with van der Waals surface area (Å²) in [5.41, 5.74) is 2.18. The molecule has 4 aromatic heterocycles. The van der Waals surface area contributed by atoms with Crippen LogP contribution < -0.4 is 4.72 Å². The highest BCUT2D eigenvalue weighted by molar-refractivity contribution is 7.92. The lowest BCUT2D eigenvalue weighted by molar-refractivity contribution is 0.117. The van der Waals surface area contributed by atoms with Gasteiger partial charge >= 0.3 is 0 Å². The molecule has 0 amide bonds. The summed E-state index contributed by atoms with van der Waals surface area (Å²) in [5, 5.41) is 16.4. The van der Waals surface area contributed by atoms with Gasteiger partial charge in [-0.2, -0.15) is 0 Å². The van der Waals surface area contributed by atoms with E-state index in [1.807, 2.05) is 13.0 Å². The number of aliphatic hydroxyl groups is 1. The number of rotatable bonds is 6. The summed E-state index contributed by atoms with van der Waals surface area (Å²) >= 11 is 0. The number of aromatic amines is 1. The van der Waals surface area contributed by atoms with Crippen molar-refractivity contribution in [1.29, 1.82) is 0 Å². The van der Waals surface area contributed by atoms with Crippen LogP contribution in [-0.4, -0.2) is 44.9 Å². The van der Waals surface area contributed by atoms with Crippen LogP contribution in [-0.2, 0) is 15.6 Å². The van der Waals surface area contributed by atoms with Crippen LogP contribution in [0.4, 0.5) is 5.95 Å². The Morgan fingerprint density at radius 3 is 2.20 bits per heavy atom. The number of H-pyrrole nitrogens is 1. The van der Waals surface area contributed by atoms with Gasteiger partial charge in [-0.1, -0.05) is 17.3 Å². The first-order valence-corrected chi connectivity index (χ1v) is 12.6. The summed E-state index contributed by atoms with van der Waals surface area (Å²) in [4.78, 5) is 16.4. The monoisotopic (exact) mass is 490 g/mol. The number of aromatic nitrogens is 5. The molecule has 5 rings (SSSR count). The average Bonchev–Trinajstić information content (AvgIpc) is 3.39. The quantitative estimate of drug-likeness (QED) is 0.329. The molecule has 0 saturated heterocycles. The van der Waals surface area contributed by atoms with Gasteiger partial charge in [-0.3, -0.25) is 14.7 Å². The molecule has 4 heterocycles. The van der Waals surface area contributed by atoms with Crippen molar-refractivity contribution in [2.45, 2.75) is 19.4 Å². The number of benzene rings is 1. The minimum Gasteiger partial charge on any atom is -0.373 e. The summed E-state index contributed by atoms with van der Waals surface area (Å²) in [6.07, 6.45) is 4.20. The van der Waals surface area contributed by atoms with Gasteiger partial charge < -0.3 is 14.6 Å². The summed E-state index contributed by atoms with van der Waals surface area (Å²) in [5.74, 6) is 0.616. The first-order valence-electron chi connectivity index (χ1n) is 10.7. The molecule has 3 N–H and O–H groups in total. The zero-order chi connectivity index (χ0) is 24.8. The molecule has 35 heavy (non-hydrogen) atoms. The predicted molar refractivity (Wildman–Crippen MR) is 130 cm³/mol. The smallest absolute Gasteiger partial charge is 0.232 e. The van der Waals surface area contributed by atoms with Crippen molar-refractivity contribution >= 4 is 27.0 Å². The number of hydrogen-bond donors (Lipinski definition) is 3. The second-order valence-electron chi connectivity index (χ2n) is 8.22. The van der Waals surface area contributed by atoms with E-state index in [9.17, 15) is 13.5 Å². The molecule has 0 aliphatic heterocycles. The molecule has 0 fully saturated rings. The van der Waals surface area contributed by atoms with E-state index < -0.39 is 15.6 Å². The first-order chi connectivity index (χ1) is 16.7. The number of pyridine rings is 2. The molecule has 0 spiro atoms. The zero-order valence-corrected chi connectivity index (χ0v) is 20.0. The maximum atomic E-state index is 12.4. The van der Waals surface area contributed by atoms with Crippen molar-refractivity contribution in [1.82, 2.24) is 25.1 Å². The van der Waals surface area contributed by atoms with Gasteiger partial charge in [-0.25, -0.2) is 13.4 Å². The standard InChI is InChI=1S/C24H22N6O4S/c1-14-21(15(2)34-29-14)16-12-17(22-18(13-16)27-23(28-22)30-35(3,32)33)24(31,19-8-4-6-10-25-19)20-9-5-7-11-26-20/h4-13,31H,1-3H3,(H2,27,28,30). The van der Waals surface area contributed by atoms with E-state index >= 15 is 0 Å². The normalized spacial score (nSPS) is 12.2. The van der Waals surface area contributed by atoms with Gasteiger partial charge in [0, 0.05) is 23.5 Å². The van der Waals surface area contributed by atoms with Crippen molar-refractivity contribution in [3.05, 3.63) is 89.3 Å². The second-order valence-corrected chi connectivity index (χ2v) is 9.97. The van der Waals surface area contributed by atoms with Gasteiger partial charge in [0.1, 0.15) is 5.76 Å². The molecule has 10 nitrogen and oxygen atoms in total. The highest BCUT2D eigenvalue weighted by atomic mass is 32.2. The van der Waals surface area contributed by atoms with Gasteiger partial charge in [0.15, 0.2) is 5.60 Å². The lowest BCUT2D eigenvalue weighted by Crippen LogP contribution is -2.31. The Hall–Kier alpha value is -4.09. The van der Waals surface area contributed by atoms with Crippen LogP contribution in [0.2, 0.25) is 0 Å². The van der Waals surface area contributed by atoms with Crippen molar-refractivity contribution in [3.8, 4) is 11.1 Å². The fourth-order valence-electron chi connectivity index (χ4n) is 4.22. The molecule has 5 aromatic rings. The molecule has 0 atom stereocenters. The summed E-state index contributed by atoms with van der Waals surface area (Å²) in [6, 6.07) is 14.0. The maximum Gasteiger partial charge on any atom is 0.232 e. The number of sulfonamides is 1. The Labute approximate surface area is 201 Å². The van der Waals surface area contributed by atoms with Crippen LogP contribution in [0.1, 0.15) is 28.4 Å². The Morgan fingerprint density at radius 1 is 1.03 bits per heavy atom. The maximum absolute atomic E-state index is 12.4. The number of imidazole rings is 1. The number of aryl methyl sites for hydroxylation is 2. The van der Waals surface area contributed by atoms with Crippen LogP contribution in [0.5, 0.6) is 0 Å². The summed E-state index contributed by atoms with van der Waals surface area (Å²) in [6.45, 7) is 3.62. The number of nitrogens with zero attached hydrogens (tertiary/aromatic N) is 4. The third-order valence-corrected chi connectivity index (χ3v) is 6.22. The van der Waals surface area contributed by atoms with Crippen LogP contribution in [0, 0.1) is 13.8 Å². The van der Waals surface area contributed by atoms with Crippen LogP contribution in [0.3, 0.4) is 0 Å². The van der Waals surface area contributed by atoms with E-state index in [2.05, 4.69) is 29.8 Å². The SMILES string of the molecule is Cc1noc(C)c1-c1cc(C(O)(c2ccccn2)c2ccccn2)c2nc(NS(C)(=O)=O)[nH]c2c1. The summed E-state index contributed by atoms with van der Waals surface area (Å²) < 4.78 is 31.5. The fraction of sp³-hybridized carbons (Fsp3) is 0.167.